The highest BCUT2D eigenvalue weighted by molar-refractivity contribution is 7.92. The van der Waals surface area contributed by atoms with E-state index in [4.69, 9.17) is 4.74 Å². The number of para-hydroxylation sites is 1. The van der Waals surface area contributed by atoms with Crippen LogP contribution in [0, 0.1) is 24.7 Å². The predicted molar refractivity (Wildman–Crippen MR) is 119 cm³/mol. The molecule has 0 aromatic heterocycles. The second-order valence-electron chi connectivity index (χ2n) is 8.73. The minimum Gasteiger partial charge on any atom is -0.458 e. The number of hydrogen-bond donors (Lipinski definition) is 1. The van der Waals surface area contributed by atoms with Crippen LogP contribution >= 0.6 is 0 Å². The maximum absolute atomic E-state index is 13.0. The quantitative estimate of drug-likeness (QED) is 0.623. The minimum absolute atomic E-state index is 0.150. The first-order valence-corrected chi connectivity index (χ1v) is 12.0. The van der Waals surface area contributed by atoms with Crippen LogP contribution in [0.25, 0.3) is 0 Å². The highest BCUT2D eigenvalue weighted by atomic mass is 32.2. The average Bonchev–Trinajstić information content (AvgIpc) is 2.68. The molecule has 0 heterocycles. The second kappa shape index (κ2) is 9.21. The molecule has 0 amide bonds. The Kier molecular flexibility index (Phi) is 6.86. The van der Waals surface area contributed by atoms with Crippen molar-refractivity contribution in [1.82, 2.24) is 0 Å². The van der Waals surface area contributed by atoms with Crippen LogP contribution in [0.5, 0.6) is 0 Å². The molecule has 1 N–H and O–H groups in total. The summed E-state index contributed by atoms with van der Waals surface area (Å²) < 4.78 is 34.1. The van der Waals surface area contributed by atoms with Crippen molar-refractivity contribution in [1.29, 1.82) is 0 Å². The van der Waals surface area contributed by atoms with Crippen molar-refractivity contribution in [2.24, 2.45) is 17.8 Å². The molecule has 1 saturated carbocycles. The number of carbonyl (C=O) groups excluding carboxylic acids is 1. The van der Waals surface area contributed by atoms with E-state index >= 15 is 0 Å². The Balaban J connectivity index is 1.82. The lowest BCUT2D eigenvalue weighted by Crippen LogP contribution is -2.36. The van der Waals surface area contributed by atoms with E-state index in [0.717, 1.165) is 24.8 Å². The lowest BCUT2D eigenvalue weighted by molar-refractivity contribution is -0.0173. The van der Waals surface area contributed by atoms with Crippen LogP contribution in [0.4, 0.5) is 5.69 Å². The van der Waals surface area contributed by atoms with Crippen molar-refractivity contribution < 1.29 is 17.9 Å². The van der Waals surface area contributed by atoms with Crippen molar-refractivity contribution in [3.63, 3.8) is 0 Å². The summed E-state index contributed by atoms with van der Waals surface area (Å²) in [6, 6.07) is 13.2. The summed E-state index contributed by atoms with van der Waals surface area (Å²) in [6.45, 7) is 8.39. The molecule has 5 nitrogen and oxygen atoms in total. The Bertz CT molecular complexity index is 983. The molecule has 0 spiro atoms. The highest BCUT2D eigenvalue weighted by Crippen LogP contribution is 2.36. The summed E-state index contributed by atoms with van der Waals surface area (Å²) in [5.74, 6) is 0.766. The largest absolute Gasteiger partial charge is 0.458 e. The minimum atomic E-state index is -3.81. The lowest BCUT2D eigenvalue weighted by atomic mass is 9.75. The second-order valence-corrected chi connectivity index (χ2v) is 10.4. The number of hydrogen-bond acceptors (Lipinski definition) is 4. The van der Waals surface area contributed by atoms with Crippen molar-refractivity contribution >= 4 is 21.7 Å². The molecule has 1 fully saturated rings. The van der Waals surface area contributed by atoms with Crippen molar-refractivity contribution in [2.45, 2.75) is 58.0 Å². The van der Waals surface area contributed by atoms with E-state index in [-0.39, 0.29) is 22.3 Å². The van der Waals surface area contributed by atoms with Gasteiger partial charge >= 0.3 is 5.97 Å². The Morgan fingerprint density at radius 1 is 1.07 bits per heavy atom. The number of esters is 1. The first-order chi connectivity index (χ1) is 14.2. The Morgan fingerprint density at radius 2 is 1.73 bits per heavy atom. The van der Waals surface area contributed by atoms with Gasteiger partial charge in [0.2, 0.25) is 0 Å². The zero-order chi connectivity index (χ0) is 21.9. The average molecular weight is 430 g/mol. The van der Waals surface area contributed by atoms with Gasteiger partial charge in [-0.2, -0.15) is 0 Å². The topological polar surface area (TPSA) is 72.5 Å². The Hall–Kier alpha value is -2.34. The van der Waals surface area contributed by atoms with E-state index in [1.165, 1.54) is 0 Å². The molecule has 0 bridgehead atoms. The molecular formula is C24H31NO4S. The fourth-order valence-corrected chi connectivity index (χ4v) is 5.20. The fraction of sp³-hybridized carbons (Fsp3) is 0.458. The number of anilines is 1. The Morgan fingerprint density at radius 3 is 2.40 bits per heavy atom. The molecule has 3 rings (SSSR count). The van der Waals surface area contributed by atoms with Gasteiger partial charge < -0.3 is 4.74 Å². The molecule has 3 atom stereocenters. The molecule has 3 unspecified atom stereocenters. The number of rotatable bonds is 6. The molecule has 0 saturated heterocycles. The number of benzene rings is 2. The standard InChI is InChI=1S/C24H31NO4S/c1-16(2)20-14-11-18(4)15-23(20)29-24(26)21-7-5-6-8-22(21)25-30(27,28)19-12-9-17(3)10-13-19/h5-10,12-13,16,18,20,23,25H,11,14-15H2,1-4H3. The van der Waals surface area contributed by atoms with E-state index in [9.17, 15) is 13.2 Å². The number of sulfonamides is 1. The van der Waals surface area contributed by atoms with Crippen LogP contribution in [-0.2, 0) is 14.8 Å². The van der Waals surface area contributed by atoms with E-state index in [1.54, 1.807) is 48.5 Å². The van der Waals surface area contributed by atoms with Gasteiger partial charge in [0, 0.05) is 0 Å². The third-order valence-corrected chi connectivity index (χ3v) is 7.32. The summed E-state index contributed by atoms with van der Waals surface area (Å²) in [6.07, 6.45) is 2.87. The Labute approximate surface area is 179 Å². The molecule has 162 valence electrons. The summed E-state index contributed by atoms with van der Waals surface area (Å²) in [4.78, 5) is 13.2. The van der Waals surface area contributed by atoms with Crippen LogP contribution in [0.2, 0.25) is 0 Å². The van der Waals surface area contributed by atoms with E-state index in [0.29, 0.717) is 17.8 Å². The number of ether oxygens (including phenoxy) is 1. The molecule has 30 heavy (non-hydrogen) atoms. The molecule has 6 heteroatoms. The van der Waals surface area contributed by atoms with Crippen LogP contribution in [0.15, 0.2) is 53.4 Å². The molecule has 2 aromatic rings. The smallest absolute Gasteiger partial charge is 0.340 e. The van der Waals surface area contributed by atoms with Crippen LogP contribution in [0.3, 0.4) is 0 Å². The summed E-state index contributed by atoms with van der Waals surface area (Å²) >= 11 is 0. The maximum Gasteiger partial charge on any atom is 0.340 e. The molecule has 2 aromatic carbocycles. The van der Waals surface area contributed by atoms with Gasteiger partial charge in [-0.05, 0) is 61.8 Å². The monoisotopic (exact) mass is 429 g/mol. The lowest BCUT2D eigenvalue weighted by Gasteiger charge is -2.36. The predicted octanol–water partition coefficient (Wildman–Crippen LogP) is 5.41. The summed E-state index contributed by atoms with van der Waals surface area (Å²) in [5.41, 5.74) is 1.43. The van der Waals surface area contributed by atoms with Gasteiger partial charge in [0.15, 0.2) is 0 Å². The number of carbonyl (C=O) groups is 1. The van der Waals surface area contributed by atoms with Crippen LogP contribution in [-0.4, -0.2) is 20.5 Å². The van der Waals surface area contributed by atoms with E-state index < -0.39 is 16.0 Å². The summed E-state index contributed by atoms with van der Waals surface area (Å²) in [5, 5.41) is 0. The van der Waals surface area contributed by atoms with Crippen molar-refractivity contribution in [3.05, 3.63) is 59.7 Å². The van der Waals surface area contributed by atoms with Gasteiger partial charge in [-0.3, -0.25) is 4.72 Å². The third-order valence-electron chi connectivity index (χ3n) is 5.94. The van der Waals surface area contributed by atoms with E-state index in [1.807, 2.05) is 6.92 Å². The number of aryl methyl sites for hydroxylation is 1. The SMILES string of the molecule is Cc1ccc(S(=O)(=O)Nc2ccccc2C(=O)OC2CC(C)CCC2C(C)C)cc1. The van der Waals surface area contributed by atoms with E-state index in [2.05, 4.69) is 25.5 Å². The van der Waals surface area contributed by atoms with Crippen molar-refractivity contribution in [2.75, 3.05) is 4.72 Å². The van der Waals surface area contributed by atoms with Gasteiger partial charge in [-0.15, -0.1) is 0 Å². The zero-order valence-corrected chi connectivity index (χ0v) is 18.9. The highest BCUT2D eigenvalue weighted by Gasteiger charge is 2.34. The van der Waals surface area contributed by atoms with Gasteiger partial charge in [0.25, 0.3) is 10.0 Å². The third kappa shape index (κ3) is 5.22. The first kappa shape index (κ1) is 22.3. The van der Waals surface area contributed by atoms with Gasteiger partial charge in [-0.1, -0.05) is 57.0 Å². The van der Waals surface area contributed by atoms with Gasteiger partial charge in [0.05, 0.1) is 16.1 Å². The molecular weight excluding hydrogens is 398 g/mol. The van der Waals surface area contributed by atoms with Gasteiger partial charge in [0.1, 0.15) is 6.10 Å². The van der Waals surface area contributed by atoms with Crippen LogP contribution in [0.1, 0.15) is 56.0 Å². The zero-order valence-electron chi connectivity index (χ0n) is 18.1. The molecule has 0 radical (unpaired) electrons. The van der Waals surface area contributed by atoms with Crippen LogP contribution < -0.4 is 4.72 Å². The molecule has 1 aliphatic rings. The normalized spacial score (nSPS) is 22.0. The fourth-order valence-electron chi connectivity index (χ4n) is 4.12. The first-order valence-electron chi connectivity index (χ1n) is 10.6. The van der Waals surface area contributed by atoms with Gasteiger partial charge in [-0.25, -0.2) is 13.2 Å². The maximum atomic E-state index is 13.0. The summed E-state index contributed by atoms with van der Waals surface area (Å²) in [7, 11) is -3.81. The van der Waals surface area contributed by atoms with Crippen molar-refractivity contribution in [3.8, 4) is 0 Å². The number of nitrogens with one attached hydrogen (secondary N) is 1. The molecule has 0 aliphatic heterocycles. The molecule has 1 aliphatic carbocycles.